The SMILES string of the molecule is CCCCCCCCCCCC(CC(=O)O)C(C)=O. The van der Waals surface area contributed by atoms with E-state index in [0.717, 1.165) is 19.3 Å². The molecule has 0 rings (SSSR count). The van der Waals surface area contributed by atoms with Crippen LogP contribution in [0, 0.1) is 5.92 Å². The second-order valence-electron chi connectivity index (χ2n) is 5.52. The van der Waals surface area contributed by atoms with Crippen LogP contribution >= 0.6 is 0 Å². The molecule has 0 aliphatic heterocycles. The highest BCUT2D eigenvalue weighted by molar-refractivity contribution is 5.82. The summed E-state index contributed by atoms with van der Waals surface area (Å²) < 4.78 is 0. The molecule has 112 valence electrons. The van der Waals surface area contributed by atoms with Gasteiger partial charge in [0.1, 0.15) is 5.78 Å². The number of hydrogen-bond donors (Lipinski definition) is 1. The average molecular weight is 270 g/mol. The topological polar surface area (TPSA) is 54.4 Å². The van der Waals surface area contributed by atoms with Gasteiger partial charge in [-0.25, -0.2) is 0 Å². The highest BCUT2D eigenvalue weighted by Gasteiger charge is 2.17. The van der Waals surface area contributed by atoms with Crippen molar-refractivity contribution in [1.82, 2.24) is 0 Å². The fraction of sp³-hybridized carbons (Fsp3) is 0.875. The van der Waals surface area contributed by atoms with Crippen molar-refractivity contribution in [2.75, 3.05) is 0 Å². The zero-order chi connectivity index (χ0) is 14.5. The van der Waals surface area contributed by atoms with Crippen molar-refractivity contribution >= 4 is 11.8 Å². The maximum Gasteiger partial charge on any atom is 0.304 e. The first kappa shape index (κ1) is 18.1. The minimum Gasteiger partial charge on any atom is -0.481 e. The molecule has 0 amide bonds. The molecule has 1 N–H and O–H groups in total. The number of hydrogen-bond acceptors (Lipinski definition) is 2. The van der Waals surface area contributed by atoms with E-state index < -0.39 is 5.97 Å². The van der Waals surface area contributed by atoms with Gasteiger partial charge in [-0.05, 0) is 13.3 Å². The lowest BCUT2D eigenvalue weighted by Crippen LogP contribution is -2.15. The van der Waals surface area contributed by atoms with Crippen molar-refractivity contribution in [2.24, 2.45) is 5.92 Å². The van der Waals surface area contributed by atoms with Gasteiger partial charge in [-0.1, -0.05) is 64.7 Å². The monoisotopic (exact) mass is 270 g/mol. The Morgan fingerprint density at radius 3 is 1.79 bits per heavy atom. The molecule has 0 spiro atoms. The molecular formula is C16H30O3. The first-order chi connectivity index (χ1) is 9.07. The van der Waals surface area contributed by atoms with Crippen LogP contribution in [-0.2, 0) is 9.59 Å². The molecular weight excluding hydrogens is 240 g/mol. The number of ketones is 1. The van der Waals surface area contributed by atoms with Crippen LogP contribution in [0.2, 0.25) is 0 Å². The average Bonchev–Trinajstić information content (AvgIpc) is 2.34. The molecule has 0 bridgehead atoms. The Bertz CT molecular complexity index is 248. The summed E-state index contributed by atoms with van der Waals surface area (Å²) in [6.07, 6.45) is 11.9. The molecule has 0 heterocycles. The molecule has 0 aromatic rings. The maximum absolute atomic E-state index is 11.3. The van der Waals surface area contributed by atoms with E-state index in [9.17, 15) is 9.59 Å². The predicted molar refractivity (Wildman–Crippen MR) is 78.3 cm³/mol. The van der Waals surface area contributed by atoms with Crippen LogP contribution in [0.3, 0.4) is 0 Å². The Morgan fingerprint density at radius 2 is 1.37 bits per heavy atom. The minimum atomic E-state index is -0.865. The fourth-order valence-electron chi connectivity index (χ4n) is 2.36. The fourth-order valence-corrected chi connectivity index (χ4v) is 2.36. The molecule has 0 aromatic heterocycles. The summed E-state index contributed by atoms with van der Waals surface area (Å²) in [4.78, 5) is 21.9. The normalized spacial score (nSPS) is 12.3. The minimum absolute atomic E-state index is 0.00759. The Hall–Kier alpha value is -0.860. The molecule has 3 nitrogen and oxygen atoms in total. The molecule has 0 saturated carbocycles. The number of Topliss-reactive ketones (excluding diaryl/α,β-unsaturated/α-hetero) is 1. The van der Waals surface area contributed by atoms with E-state index in [1.807, 2.05) is 0 Å². The third-order valence-electron chi connectivity index (χ3n) is 3.65. The summed E-state index contributed by atoms with van der Waals surface area (Å²) in [7, 11) is 0. The van der Waals surface area contributed by atoms with Gasteiger partial charge in [0.2, 0.25) is 0 Å². The number of aliphatic carboxylic acids is 1. The number of carboxylic acids is 1. The lowest BCUT2D eigenvalue weighted by molar-refractivity contribution is -0.140. The van der Waals surface area contributed by atoms with Gasteiger partial charge in [0.15, 0.2) is 0 Å². The third kappa shape index (κ3) is 11.9. The predicted octanol–water partition coefficient (Wildman–Crippen LogP) is 4.59. The number of rotatable bonds is 13. The Morgan fingerprint density at radius 1 is 0.895 bits per heavy atom. The van der Waals surface area contributed by atoms with E-state index in [2.05, 4.69) is 6.92 Å². The Balaban J connectivity index is 3.45. The van der Waals surface area contributed by atoms with Crippen molar-refractivity contribution in [3.63, 3.8) is 0 Å². The van der Waals surface area contributed by atoms with Crippen LogP contribution in [0.25, 0.3) is 0 Å². The Labute approximate surface area is 117 Å². The van der Waals surface area contributed by atoms with Crippen LogP contribution in [0.1, 0.15) is 84.5 Å². The Kier molecular flexibility index (Phi) is 11.6. The zero-order valence-electron chi connectivity index (χ0n) is 12.6. The van der Waals surface area contributed by atoms with Gasteiger partial charge >= 0.3 is 5.97 Å². The summed E-state index contributed by atoms with van der Waals surface area (Å²) in [5.41, 5.74) is 0. The molecule has 0 aliphatic carbocycles. The van der Waals surface area contributed by atoms with Crippen molar-refractivity contribution in [3.8, 4) is 0 Å². The molecule has 1 unspecified atom stereocenters. The van der Waals surface area contributed by atoms with Crippen LogP contribution in [0.15, 0.2) is 0 Å². The lowest BCUT2D eigenvalue weighted by Gasteiger charge is -2.10. The molecule has 0 saturated heterocycles. The van der Waals surface area contributed by atoms with Gasteiger partial charge in [-0.3, -0.25) is 9.59 Å². The molecule has 0 aromatic carbocycles. The maximum atomic E-state index is 11.3. The van der Waals surface area contributed by atoms with Crippen molar-refractivity contribution in [1.29, 1.82) is 0 Å². The highest BCUT2D eigenvalue weighted by atomic mass is 16.4. The van der Waals surface area contributed by atoms with Crippen LogP contribution in [0.4, 0.5) is 0 Å². The zero-order valence-corrected chi connectivity index (χ0v) is 12.6. The second kappa shape index (κ2) is 12.2. The summed E-state index contributed by atoms with van der Waals surface area (Å²) in [6, 6.07) is 0. The van der Waals surface area contributed by atoms with E-state index in [1.165, 1.54) is 51.9 Å². The van der Waals surface area contributed by atoms with Crippen molar-refractivity contribution in [2.45, 2.75) is 84.5 Å². The molecule has 0 radical (unpaired) electrons. The number of carbonyl (C=O) groups is 2. The number of carbonyl (C=O) groups excluding carboxylic acids is 1. The summed E-state index contributed by atoms with van der Waals surface area (Å²) >= 11 is 0. The van der Waals surface area contributed by atoms with Gasteiger partial charge < -0.3 is 5.11 Å². The highest BCUT2D eigenvalue weighted by Crippen LogP contribution is 2.16. The molecule has 3 heteroatoms. The first-order valence-corrected chi connectivity index (χ1v) is 7.80. The largest absolute Gasteiger partial charge is 0.481 e. The van der Waals surface area contributed by atoms with Crippen LogP contribution < -0.4 is 0 Å². The van der Waals surface area contributed by atoms with Gasteiger partial charge in [-0.2, -0.15) is 0 Å². The van der Waals surface area contributed by atoms with E-state index in [-0.39, 0.29) is 18.1 Å². The second-order valence-corrected chi connectivity index (χ2v) is 5.52. The molecule has 1 atom stereocenters. The molecule has 19 heavy (non-hydrogen) atoms. The van der Waals surface area contributed by atoms with Gasteiger partial charge in [-0.15, -0.1) is 0 Å². The van der Waals surface area contributed by atoms with Crippen molar-refractivity contribution in [3.05, 3.63) is 0 Å². The van der Waals surface area contributed by atoms with E-state index >= 15 is 0 Å². The molecule has 0 fully saturated rings. The van der Waals surface area contributed by atoms with Gasteiger partial charge in [0.05, 0.1) is 6.42 Å². The van der Waals surface area contributed by atoms with E-state index in [1.54, 1.807) is 0 Å². The summed E-state index contributed by atoms with van der Waals surface area (Å²) in [5.74, 6) is -1.12. The van der Waals surface area contributed by atoms with Crippen molar-refractivity contribution < 1.29 is 14.7 Å². The third-order valence-corrected chi connectivity index (χ3v) is 3.65. The van der Waals surface area contributed by atoms with E-state index in [0.29, 0.717) is 0 Å². The summed E-state index contributed by atoms with van der Waals surface area (Å²) in [6.45, 7) is 3.73. The van der Waals surface area contributed by atoms with Crippen LogP contribution in [0.5, 0.6) is 0 Å². The van der Waals surface area contributed by atoms with Gasteiger partial charge in [0.25, 0.3) is 0 Å². The molecule has 0 aliphatic rings. The lowest BCUT2D eigenvalue weighted by atomic mass is 9.94. The van der Waals surface area contributed by atoms with Gasteiger partial charge in [0, 0.05) is 5.92 Å². The summed E-state index contributed by atoms with van der Waals surface area (Å²) in [5, 5.41) is 8.72. The van der Waals surface area contributed by atoms with E-state index in [4.69, 9.17) is 5.11 Å². The quantitative estimate of drug-likeness (QED) is 0.498. The number of unbranched alkanes of at least 4 members (excludes halogenated alkanes) is 8. The van der Waals surface area contributed by atoms with Crippen LogP contribution in [-0.4, -0.2) is 16.9 Å². The first-order valence-electron chi connectivity index (χ1n) is 7.80. The number of carboxylic acid groups (broad SMARTS) is 1. The smallest absolute Gasteiger partial charge is 0.304 e. The standard InChI is InChI=1S/C16H30O3/c1-3-4-5-6-7-8-9-10-11-12-15(14(2)17)13-16(18)19/h15H,3-13H2,1-2H3,(H,18,19).